The lowest BCUT2D eigenvalue weighted by molar-refractivity contribution is -0.126. The van der Waals surface area contributed by atoms with Crippen LogP contribution in [0.3, 0.4) is 0 Å². The van der Waals surface area contributed by atoms with Crippen molar-refractivity contribution >= 4 is 27.6 Å². The van der Waals surface area contributed by atoms with Crippen LogP contribution in [0.4, 0.5) is 0 Å². The third-order valence-corrected chi connectivity index (χ3v) is 6.29. The molecule has 1 aromatic carbocycles. The molecule has 1 saturated carbocycles. The maximum absolute atomic E-state index is 13.2. The molecule has 1 spiro atoms. The van der Waals surface area contributed by atoms with Gasteiger partial charge in [0.1, 0.15) is 5.92 Å². The van der Waals surface area contributed by atoms with E-state index in [1.165, 1.54) is 0 Å². The molecular weight excluding hydrogens is 358 g/mol. The Morgan fingerprint density at radius 2 is 1.87 bits per heavy atom. The minimum atomic E-state index is -0.696. The van der Waals surface area contributed by atoms with Crippen LogP contribution in [0.5, 0.6) is 0 Å². The summed E-state index contributed by atoms with van der Waals surface area (Å²) in [4.78, 5) is 25.8. The minimum absolute atomic E-state index is 0.0290. The molecule has 124 valence electrons. The Hall–Kier alpha value is -1.20. The van der Waals surface area contributed by atoms with E-state index in [1.807, 2.05) is 26.0 Å². The van der Waals surface area contributed by atoms with Gasteiger partial charge in [0.25, 0.3) is 0 Å². The third-order valence-electron chi connectivity index (χ3n) is 5.43. The summed E-state index contributed by atoms with van der Waals surface area (Å²) in [6, 6.07) is 3.92. The molecule has 1 aliphatic heterocycles. The second-order valence-electron chi connectivity index (χ2n) is 6.71. The van der Waals surface area contributed by atoms with Gasteiger partial charge in [-0.2, -0.15) is 0 Å². The molecule has 0 unspecified atom stereocenters. The molecule has 0 radical (unpaired) electrons. The van der Waals surface area contributed by atoms with Crippen LogP contribution >= 0.6 is 15.9 Å². The summed E-state index contributed by atoms with van der Waals surface area (Å²) >= 11 is 3.51. The molecule has 0 aromatic heterocycles. The van der Waals surface area contributed by atoms with Crippen molar-refractivity contribution in [1.29, 1.82) is 0 Å². The fourth-order valence-corrected chi connectivity index (χ4v) is 4.35. The number of halogens is 1. The first kappa shape index (κ1) is 16.7. The fraction of sp³-hybridized carbons (Fsp3) is 0.556. The van der Waals surface area contributed by atoms with Gasteiger partial charge >= 0.3 is 0 Å². The number of nitrogens with one attached hydrogen (secondary N) is 1. The predicted molar refractivity (Wildman–Crippen MR) is 91.5 cm³/mol. The minimum Gasteiger partial charge on any atom is -0.381 e. The van der Waals surface area contributed by atoms with Crippen LogP contribution in [0.15, 0.2) is 16.6 Å². The Bertz CT molecular complexity index is 662. The number of amides is 1. The zero-order chi connectivity index (χ0) is 16.8. The van der Waals surface area contributed by atoms with Crippen LogP contribution in [0.2, 0.25) is 0 Å². The first-order valence-electron chi connectivity index (χ1n) is 8.04. The van der Waals surface area contributed by atoms with E-state index >= 15 is 0 Å². The second-order valence-corrected chi connectivity index (χ2v) is 7.56. The molecule has 1 N–H and O–H groups in total. The SMILES string of the molecule is COC1CCC2(CC1)NC(=O)[C@H](c1c(C)ccc(Br)c1C)C2=O. The smallest absolute Gasteiger partial charge is 0.235 e. The molecule has 1 saturated heterocycles. The summed E-state index contributed by atoms with van der Waals surface area (Å²) in [6.45, 7) is 3.92. The van der Waals surface area contributed by atoms with Crippen molar-refractivity contribution in [3.05, 3.63) is 33.3 Å². The van der Waals surface area contributed by atoms with Gasteiger partial charge < -0.3 is 10.1 Å². The van der Waals surface area contributed by atoms with Gasteiger partial charge in [0.2, 0.25) is 5.91 Å². The molecule has 5 heteroatoms. The van der Waals surface area contributed by atoms with Crippen LogP contribution < -0.4 is 5.32 Å². The number of aryl methyl sites for hydroxylation is 1. The molecule has 1 atom stereocenters. The van der Waals surface area contributed by atoms with E-state index in [1.54, 1.807) is 7.11 Å². The molecule has 4 nitrogen and oxygen atoms in total. The average Bonchev–Trinajstić information content (AvgIpc) is 2.77. The summed E-state index contributed by atoms with van der Waals surface area (Å²) in [6.07, 6.45) is 3.15. The Balaban J connectivity index is 1.96. The molecule has 23 heavy (non-hydrogen) atoms. The molecule has 3 rings (SSSR count). The number of hydrogen-bond donors (Lipinski definition) is 1. The topological polar surface area (TPSA) is 55.4 Å². The molecular formula is C18H22BrNO3. The predicted octanol–water partition coefficient (Wildman–Crippen LogP) is 3.18. The average molecular weight is 380 g/mol. The van der Waals surface area contributed by atoms with Crippen molar-refractivity contribution in [2.45, 2.75) is 57.1 Å². The lowest BCUT2D eigenvalue weighted by atomic mass is 9.75. The first-order valence-corrected chi connectivity index (χ1v) is 8.83. The van der Waals surface area contributed by atoms with Crippen LogP contribution in [0, 0.1) is 13.8 Å². The highest BCUT2D eigenvalue weighted by atomic mass is 79.9. The number of rotatable bonds is 2. The highest BCUT2D eigenvalue weighted by molar-refractivity contribution is 9.10. The zero-order valence-corrected chi connectivity index (χ0v) is 15.3. The van der Waals surface area contributed by atoms with Gasteiger partial charge in [0, 0.05) is 11.6 Å². The number of Topliss-reactive ketones (excluding diaryl/α,β-unsaturated/α-hetero) is 1. The fourth-order valence-electron chi connectivity index (χ4n) is 4.00. The molecule has 2 fully saturated rings. The van der Waals surface area contributed by atoms with E-state index < -0.39 is 11.5 Å². The van der Waals surface area contributed by atoms with Gasteiger partial charge in [-0.15, -0.1) is 0 Å². The molecule has 2 aliphatic rings. The monoisotopic (exact) mass is 379 g/mol. The normalized spacial score (nSPS) is 30.8. The standard InChI is InChI=1S/C18H22BrNO3/c1-10-4-5-13(19)11(2)14(10)15-16(21)18(20-17(15)22)8-6-12(23-3)7-9-18/h4-5,12,15H,6-9H2,1-3H3,(H,20,22)/t12?,15-,18?/m1/s1. The summed E-state index contributed by atoms with van der Waals surface area (Å²) < 4.78 is 6.32. The number of ether oxygens (including phenoxy) is 1. The highest BCUT2D eigenvalue weighted by Gasteiger charge is 2.54. The van der Waals surface area contributed by atoms with E-state index in [0.717, 1.165) is 34.0 Å². The maximum atomic E-state index is 13.2. The van der Waals surface area contributed by atoms with Gasteiger partial charge in [0.05, 0.1) is 11.6 Å². The number of carbonyl (C=O) groups excluding carboxylic acids is 2. The Kier molecular flexibility index (Phi) is 4.36. The third kappa shape index (κ3) is 2.64. The Morgan fingerprint density at radius 3 is 2.48 bits per heavy atom. The Labute approximate surface area is 145 Å². The van der Waals surface area contributed by atoms with Crippen molar-refractivity contribution in [1.82, 2.24) is 5.32 Å². The zero-order valence-electron chi connectivity index (χ0n) is 13.7. The second kappa shape index (κ2) is 6.02. The van der Waals surface area contributed by atoms with Crippen LogP contribution in [0.1, 0.15) is 48.3 Å². The number of ketones is 1. The van der Waals surface area contributed by atoms with Crippen LogP contribution in [0.25, 0.3) is 0 Å². The summed E-state index contributed by atoms with van der Waals surface area (Å²) in [5.41, 5.74) is 2.12. The summed E-state index contributed by atoms with van der Waals surface area (Å²) in [7, 11) is 1.70. The lowest BCUT2D eigenvalue weighted by Crippen LogP contribution is -2.50. The number of benzene rings is 1. The molecule has 1 heterocycles. The number of carbonyl (C=O) groups is 2. The van der Waals surface area contributed by atoms with E-state index in [4.69, 9.17) is 4.74 Å². The van der Waals surface area contributed by atoms with Gasteiger partial charge in [-0.3, -0.25) is 9.59 Å². The molecule has 0 bridgehead atoms. The van der Waals surface area contributed by atoms with Crippen LogP contribution in [-0.2, 0) is 14.3 Å². The largest absolute Gasteiger partial charge is 0.381 e. The highest BCUT2D eigenvalue weighted by Crippen LogP contribution is 2.42. The van der Waals surface area contributed by atoms with E-state index in [-0.39, 0.29) is 17.8 Å². The van der Waals surface area contributed by atoms with Crippen molar-refractivity contribution in [2.75, 3.05) is 7.11 Å². The summed E-state index contributed by atoms with van der Waals surface area (Å²) in [5, 5.41) is 3.03. The van der Waals surface area contributed by atoms with Crippen molar-refractivity contribution < 1.29 is 14.3 Å². The first-order chi connectivity index (χ1) is 10.9. The van der Waals surface area contributed by atoms with E-state index in [9.17, 15) is 9.59 Å². The van der Waals surface area contributed by atoms with Crippen molar-refractivity contribution in [3.63, 3.8) is 0 Å². The van der Waals surface area contributed by atoms with Gasteiger partial charge in [-0.05, 0) is 62.3 Å². The van der Waals surface area contributed by atoms with Gasteiger partial charge in [-0.25, -0.2) is 0 Å². The van der Waals surface area contributed by atoms with Crippen molar-refractivity contribution in [2.24, 2.45) is 0 Å². The molecule has 1 aromatic rings. The van der Waals surface area contributed by atoms with Gasteiger partial charge in [0.15, 0.2) is 5.78 Å². The molecule has 1 aliphatic carbocycles. The molecule has 1 amide bonds. The van der Waals surface area contributed by atoms with Crippen LogP contribution in [-0.4, -0.2) is 30.4 Å². The Morgan fingerprint density at radius 1 is 1.22 bits per heavy atom. The van der Waals surface area contributed by atoms with Crippen molar-refractivity contribution in [3.8, 4) is 0 Å². The van der Waals surface area contributed by atoms with E-state index in [0.29, 0.717) is 12.8 Å². The lowest BCUT2D eigenvalue weighted by Gasteiger charge is -2.35. The number of methoxy groups -OCH3 is 1. The summed E-state index contributed by atoms with van der Waals surface area (Å²) in [5.74, 6) is -0.817. The van der Waals surface area contributed by atoms with E-state index in [2.05, 4.69) is 21.2 Å². The quantitative estimate of drug-likeness (QED) is 0.802. The van der Waals surface area contributed by atoms with Gasteiger partial charge in [-0.1, -0.05) is 22.0 Å². The number of hydrogen-bond acceptors (Lipinski definition) is 3. The maximum Gasteiger partial charge on any atom is 0.235 e.